The van der Waals surface area contributed by atoms with Gasteiger partial charge in [-0.2, -0.15) is 0 Å². The van der Waals surface area contributed by atoms with E-state index in [-0.39, 0.29) is 16.8 Å². The summed E-state index contributed by atoms with van der Waals surface area (Å²) in [4.78, 5) is 12.2. The normalized spacial score (nSPS) is 12.8. The molecule has 0 aliphatic rings. The summed E-state index contributed by atoms with van der Waals surface area (Å²) in [6, 6.07) is 6.85. The molecule has 1 rings (SSSR count). The van der Waals surface area contributed by atoms with Crippen LogP contribution >= 0.6 is 0 Å². The molecular weight excluding hydrogens is 324 g/mol. The van der Waals surface area contributed by atoms with Gasteiger partial charge in [0, 0.05) is 12.5 Å². The van der Waals surface area contributed by atoms with Gasteiger partial charge in [0.25, 0.3) is 0 Å². The zero-order valence-corrected chi connectivity index (χ0v) is 15.8. The number of amides is 1. The van der Waals surface area contributed by atoms with Crippen LogP contribution in [-0.2, 0) is 21.2 Å². The zero-order chi connectivity index (χ0) is 18.0. The van der Waals surface area contributed by atoms with Gasteiger partial charge in [0.2, 0.25) is 15.9 Å². The fourth-order valence-corrected chi connectivity index (χ4v) is 3.24. The number of carbonyl (C=O) groups excluding carboxylic acids is 1. The van der Waals surface area contributed by atoms with Crippen molar-refractivity contribution in [2.45, 2.75) is 69.7 Å². The molecule has 0 spiro atoms. The van der Waals surface area contributed by atoms with Gasteiger partial charge in [-0.15, -0.1) is 0 Å². The van der Waals surface area contributed by atoms with Crippen molar-refractivity contribution < 1.29 is 13.2 Å². The number of rotatable bonds is 11. The summed E-state index contributed by atoms with van der Waals surface area (Å²) in [5.41, 5.74) is 0.954. The lowest BCUT2D eigenvalue weighted by atomic mass is 10.1. The predicted molar refractivity (Wildman–Crippen MR) is 97.4 cm³/mol. The van der Waals surface area contributed by atoms with Crippen LogP contribution in [-0.4, -0.2) is 27.4 Å². The SMILES string of the molecule is CCCCCCC(C)NC(=O)CCc1ccc(S(=O)(=O)NC)cc1. The predicted octanol–water partition coefficient (Wildman–Crippen LogP) is 3.00. The third-order valence-electron chi connectivity index (χ3n) is 4.04. The molecule has 136 valence electrons. The Labute approximate surface area is 146 Å². The average molecular weight is 355 g/mol. The molecule has 0 fully saturated rings. The Morgan fingerprint density at radius 1 is 1.12 bits per heavy atom. The molecule has 0 aliphatic carbocycles. The van der Waals surface area contributed by atoms with E-state index in [0.29, 0.717) is 12.8 Å². The molecule has 0 radical (unpaired) electrons. The molecular formula is C18H30N2O3S. The molecule has 1 aromatic rings. The Bertz CT molecular complexity index is 597. The van der Waals surface area contributed by atoms with E-state index in [1.54, 1.807) is 24.3 Å². The van der Waals surface area contributed by atoms with Crippen molar-refractivity contribution in [2.75, 3.05) is 7.05 Å². The summed E-state index contributed by atoms with van der Waals surface area (Å²) in [6.45, 7) is 4.23. The highest BCUT2D eigenvalue weighted by Crippen LogP contribution is 2.12. The van der Waals surface area contributed by atoms with E-state index in [4.69, 9.17) is 0 Å². The number of benzene rings is 1. The standard InChI is InChI=1S/C18H30N2O3S/c1-4-5-6-7-8-15(2)20-18(21)14-11-16-9-12-17(13-10-16)24(22,23)19-3/h9-10,12-13,15,19H,4-8,11,14H2,1-3H3,(H,20,21). The summed E-state index contributed by atoms with van der Waals surface area (Å²) < 4.78 is 25.6. The number of hydrogen-bond donors (Lipinski definition) is 2. The van der Waals surface area contributed by atoms with E-state index in [1.807, 2.05) is 6.92 Å². The van der Waals surface area contributed by atoms with Crippen LogP contribution in [0.25, 0.3) is 0 Å². The topological polar surface area (TPSA) is 75.3 Å². The van der Waals surface area contributed by atoms with Gasteiger partial charge in [-0.25, -0.2) is 13.1 Å². The van der Waals surface area contributed by atoms with Crippen molar-refractivity contribution in [1.29, 1.82) is 0 Å². The monoisotopic (exact) mass is 354 g/mol. The second kappa shape index (κ2) is 10.5. The highest BCUT2D eigenvalue weighted by molar-refractivity contribution is 7.89. The third-order valence-corrected chi connectivity index (χ3v) is 5.47. The van der Waals surface area contributed by atoms with Crippen LogP contribution in [0.2, 0.25) is 0 Å². The van der Waals surface area contributed by atoms with Crippen LogP contribution in [0.3, 0.4) is 0 Å². The van der Waals surface area contributed by atoms with Gasteiger partial charge in [-0.3, -0.25) is 4.79 Å². The minimum Gasteiger partial charge on any atom is -0.354 e. The van der Waals surface area contributed by atoms with Crippen molar-refractivity contribution >= 4 is 15.9 Å². The van der Waals surface area contributed by atoms with Crippen molar-refractivity contribution in [3.63, 3.8) is 0 Å². The smallest absolute Gasteiger partial charge is 0.240 e. The Balaban J connectivity index is 2.36. The number of aryl methyl sites for hydroxylation is 1. The molecule has 5 nitrogen and oxygen atoms in total. The second-order valence-corrected chi connectivity index (χ2v) is 8.06. The molecule has 0 saturated heterocycles. The van der Waals surface area contributed by atoms with Gasteiger partial charge in [0.05, 0.1) is 4.90 Å². The van der Waals surface area contributed by atoms with Gasteiger partial charge in [0.15, 0.2) is 0 Å². The molecule has 24 heavy (non-hydrogen) atoms. The lowest BCUT2D eigenvalue weighted by molar-refractivity contribution is -0.121. The van der Waals surface area contributed by atoms with Crippen LogP contribution in [0.1, 0.15) is 57.9 Å². The molecule has 0 bridgehead atoms. The maximum Gasteiger partial charge on any atom is 0.240 e. The lowest BCUT2D eigenvalue weighted by Crippen LogP contribution is -2.32. The molecule has 0 aliphatic heterocycles. The molecule has 1 atom stereocenters. The first-order valence-corrected chi connectivity index (χ1v) is 10.2. The van der Waals surface area contributed by atoms with E-state index in [0.717, 1.165) is 18.4 Å². The van der Waals surface area contributed by atoms with E-state index in [2.05, 4.69) is 17.0 Å². The average Bonchev–Trinajstić information content (AvgIpc) is 2.57. The summed E-state index contributed by atoms with van der Waals surface area (Å²) in [5, 5.41) is 3.03. The van der Waals surface area contributed by atoms with E-state index in [9.17, 15) is 13.2 Å². The van der Waals surface area contributed by atoms with E-state index in [1.165, 1.54) is 26.3 Å². The summed E-state index contributed by atoms with van der Waals surface area (Å²) >= 11 is 0. The third kappa shape index (κ3) is 7.45. The highest BCUT2D eigenvalue weighted by Gasteiger charge is 2.11. The first-order chi connectivity index (χ1) is 11.4. The van der Waals surface area contributed by atoms with Crippen LogP contribution in [0.4, 0.5) is 0 Å². The van der Waals surface area contributed by atoms with Crippen LogP contribution in [0.5, 0.6) is 0 Å². The van der Waals surface area contributed by atoms with Crippen molar-refractivity contribution in [1.82, 2.24) is 10.0 Å². The Morgan fingerprint density at radius 2 is 1.79 bits per heavy atom. The number of nitrogens with one attached hydrogen (secondary N) is 2. The molecule has 1 amide bonds. The summed E-state index contributed by atoms with van der Waals surface area (Å²) in [5.74, 6) is 0.0462. The summed E-state index contributed by atoms with van der Waals surface area (Å²) in [6.07, 6.45) is 6.87. The number of unbranched alkanes of at least 4 members (excludes halogenated alkanes) is 3. The Morgan fingerprint density at radius 3 is 2.38 bits per heavy atom. The van der Waals surface area contributed by atoms with Gasteiger partial charge >= 0.3 is 0 Å². The lowest BCUT2D eigenvalue weighted by Gasteiger charge is -2.13. The largest absolute Gasteiger partial charge is 0.354 e. The number of sulfonamides is 1. The zero-order valence-electron chi connectivity index (χ0n) is 15.0. The maximum absolute atomic E-state index is 12.0. The van der Waals surface area contributed by atoms with Gasteiger partial charge in [-0.1, -0.05) is 44.7 Å². The molecule has 6 heteroatoms. The van der Waals surface area contributed by atoms with Crippen LogP contribution in [0, 0.1) is 0 Å². The number of carbonyl (C=O) groups is 1. The summed E-state index contributed by atoms with van der Waals surface area (Å²) in [7, 11) is -2.02. The minimum absolute atomic E-state index is 0.0462. The minimum atomic E-state index is -3.40. The fraction of sp³-hybridized carbons (Fsp3) is 0.611. The Hall–Kier alpha value is -1.40. The second-order valence-electron chi connectivity index (χ2n) is 6.17. The molecule has 1 aromatic carbocycles. The highest BCUT2D eigenvalue weighted by atomic mass is 32.2. The van der Waals surface area contributed by atoms with Gasteiger partial charge < -0.3 is 5.32 Å². The first-order valence-electron chi connectivity index (χ1n) is 8.71. The maximum atomic E-state index is 12.0. The van der Waals surface area contributed by atoms with Crippen molar-refractivity contribution in [3.8, 4) is 0 Å². The quantitative estimate of drug-likeness (QED) is 0.600. The van der Waals surface area contributed by atoms with Crippen LogP contribution in [0.15, 0.2) is 29.2 Å². The van der Waals surface area contributed by atoms with E-state index < -0.39 is 10.0 Å². The van der Waals surface area contributed by atoms with Crippen molar-refractivity contribution in [3.05, 3.63) is 29.8 Å². The molecule has 0 aromatic heterocycles. The van der Waals surface area contributed by atoms with Gasteiger partial charge in [0.1, 0.15) is 0 Å². The molecule has 2 N–H and O–H groups in total. The molecule has 0 heterocycles. The Kier molecular flexibility index (Phi) is 9.00. The molecule has 1 unspecified atom stereocenters. The first kappa shape index (κ1) is 20.6. The van der Waals surface area contributed by atoms with Gasteiger partial charge in [-0.05, 0) is 44.5 Å². The van der Waals surface area contributed by atoms with E-state index >= 15 is 0 Å². The number of hydrogen-bond acceptors (Lipinski definition) is 3. The molecule has 0 saturated carbocycles. The van der Waals surface area contributed by atoms with Crippen LogP contribution < -0.4 is 10.0 Å². The van der Waals surface area contributed by atoms with Crippen molar-refractivity contribution in [2.24, 2.45) is 0 Å². The fourth-order valence-electron chi connectivity index (χ4n) is 2.51.